The van der Waals surface area contributed by atoms with Gasteiger partial charge in [-0.3, -0.25) is 4.98 Å². The molecule has 106 valence electrons. The fourth-order valence-electron chi connectivity index (χ4n) is 2.23. The molecule has 0 amide bonds. The van der Waals surface area contributed by atoms with Crippen LogP contribution >= 0.6 is 15.9 Å². The highest BCUT2D eigenvalue weighted by Crippen LogP contribution is 2.24. The summed E-state index contributed by atoms with van der Waals surface area (Å²) in [7, 11) is 0. The number of nitrogens with zero attached hydrogens (tertiary/aromatic N) is 1. The first-order chi connectivity index (χ1) is 10.3. The number of pyridine rings is 1. The second kappa shape index (κ2) is 6.22. The number of rotatable bonds is 4. The van der Waals surface area contributed by atoms with Gasteiger partial charge in [-0.15, -0.1) is 0 Å². The van der Waals surface area contributed by atoms with Crippen LogP contribution in [0.4, 0.5) is 4.39 Å². The number of hydrogen-bond acceptors (Lipinski definition) is 2. The molecule has 0 aliphatic carbocycles. The molecule has 0 N–H and O–H groups in total. The van der Waals surface area contributed by atoms with Gasteiger partial charge in [0.05, 0.1) is 5.52 Å². The smallest absolute Gasteiger partial charge is 0.124 e. The first-order valence-electron chi connectivity index (χ1n) is 6.58. The van der Waals surface area contributed by atoms with Crippen LogP contribution in [0.1, 0.15) is 11.1 Å². The summed E-state index contributed by atoms with van der Waals surface area (Å²) in [6.45, 7) is 0.425. The van der Waals surface area contributed by atoms with Crippen molar-refractivity contribution in [1.29, 1.82) is 0 Å². The fourth-order valence-corrected chi connectivity index (χ4v) is 2.67. The van der Waals surface area contributed by atoms with Gasteiger partial charge in [-0.2, -0.15) is 0 Å². The maximum Gasteiger partial charge on any atom is 0.124 e. The summed E-state index contributed by atoms with van der Waals surface area (Å²) in [5.41, 5.74) is 2.80. The summed E-state index contributed by atoms with van der Waals surface area (Å²) in [6.07, 6.45) is 1.77. The normalized spacial score (nSPS) is 10.8. The second-order valence-corrected chi connectivity index (χ2v) is 5.22. The van der Waals surface area contributed by atoms with Crippen molar-refractivity contribution in [1.82, 2.24) is 4.98 Å². The zero-order chi connectivity index (χ0) is 14.7. The van der Waals surface area contributed by atoms with Crippen molar-refractivity contribution in [3.63, 3.8) is 0 Å². The SMILES string of the molecule is Fc1ccc(OCc2ccnc3ccccc23)c(CBr)c1. The molecule has 2 aromatic carbocycles. The molecule has 3 aromatic rings. The number of fused-ring (bicyclic) bond motifs is 1. The van der Waals surface area contributed by atoms with Gasteiger partial charge in [0.25, 0.3) is 0 Å². The molecule has 0 saturated carbocycles. The molecule has 0 aliphatic heterocycles. The maximum atomic E-state index is 13.2. The van der Waals surface area contributed by atoms with Gasteiger partial charge in [-0.05, 0) is 30.3 Å². The number of para-hydroxylation sites is 1. The maximum absolute atomic E-state index is 13.2. The van der Waals surface area contributed by atoms with Gasteiger partial charge >= 0.3 is 0 Å². The second-order valence-electron chi connectivity index (χ2n) is 4.66. The number of aromatic nitrogens is 1. The van der Waals surface area contributed by atoms with E-state index in [9.17, 15) is 4.39 Å². The Bertz CT molecular complexity index is 770. The van der Waals surface area contributed by atoms with Gasteiger partial charge in [0, 0.05) is 28.0 Å². The molecule has 2 nitrogen and oxygen atoms in total. The molecule has 1 aromatic heterocycles. The minimum atomic E-state index is -0.258. The summed E-state index contributed by atoms with van der Waals surface area (Å²) in [6, 6.07) is 14.4. The Kier molecular flexibility index (Phi) is 4.15. The molecule has 0 fully saturated rings. The summed E-state index contributed by atoms with van der Waals surface area (Å²) in [5, 5.41) is 1.62. The van der Waals surface area contributed by atoms with E-state index in [1.165, 1.54) is 12.1 Å². The van der Waals surface area contributed by atoms with Gasteiger partial charge in [-0.1, -0.05) is 34.1 Å². The lowest BCUT2D eigenvalue weighted by Crippen LogP contribution is -1.99. The number of alkyl halides is 1. The van der Waals surface area contributed by atoms with Crippen molar-refractivity contribution in [2.75, 3.05) is 0 Å². The largest absolute Gasteiger partial charge is 0.489 e. The molecule has 1 heterocycles. The third kappa shape index (κ3) is 3.05. The van der Waals surface area contributed by atoms with E-state index in [2.05, 4.69) is 20.9 Å². The Labute approximate surface area is 130 Å². The van der Waals surface area contributed by atoms with Crippen LogP contribution in [0.25, 0.3) is 10.9 Å². The molecule has 0 bridgehead atoms. The molecule has 21 heavy (non-hydrogen) atoms. The monoisotopic (exact) mass is 345 g/mol. The fraction of sp³-hybridized carbons (Fsp3) is 0.118. The molecule has 0 spiro atoms. The van der Waals surface area contributed by atoms with Crippen LogP contribution < -0.4 is 4.74 Å². The standard InChI is InChI=1S/C17H13BrFNO/c18-10-13-9-14(19)5-6-17(13)21-11-12-7-8-20-16-4-2-1-3-15(12)16/h1-9H,10-11H2. The van der Waals surface area contributed by atoms with E-state index >= 15 is 0 Å². The minimum absolute atomic E-state index is 0.258. The lowest BCUT2D eigenvalue weighted by atomic mass is 10.1. The van der Waals surface area contributed by atoms with Crippen LogP contribution in [0.2, 0.25) is 0 Å². The number of benzene rings is 2. The summed E-state index contributed by atoms with van der Waals surface area (Å²) in [5.74, 6) is 0.431. The van der Waals surface area contributed by atoms with Crippen LogP contribution in [0.5, 0.6) is 5.75 Å². The van der Waals surface area contributed by atoms with E-state index in [-0.39, 0.29) is 5.82 Å². The molecule has 3 rings (SSSR count). The van der Waals surface area contributed by atoms with Crippen molar-refractivity contribution >= 4 is 26.8 Å². The zero-order valence-electron chi connectivity index (χ0n) is 11.2. The Morgan fingerprint density at radius 3 is 2.76 bits per heavy atom. The predicted molar refractivity (Wildman–Crippen MR) is 85.1 cm³/mol. The van der Waals surface area contributed by atoms with Gasteiger partial charge in [0.15, 0.2) is 0 Å². The van der Waals surface area contributed by atoms with Crippen molar-refractivity contribution in [2.45, 2.75) is 11.9 Å². The van der Waals surface area contributed by atoms with Crippen LogP contribution in [0, 0.1) is 5.82 Å². The van der Waals surface area contributed by atoms with Gasteiger partial charge in [0.2, 0.25) is 0 Å². The van der Waals surface area contributed by atoms with Crippen LogP contribution in [0.15, 0.2) is 54.7 Å². The van der Waals surface area contributed by atoms with E-state index in [1.54, 1.807) is 12.3 Å². The summed E-state index contributed by atoms with van der Waals surface area (Å²) in [4.78, 5) is 4.33. The lowest BCUT2D eigenvalue weighted by molar-refractivity contribution is 0.305. The van der Waals surface area contributed by atoms with Gasteiger partial charge < -0.3 is 4.74 Å². The lowest BCUT2D eigenvalue weighted by Gasteiger charge is -2.11. The average molecular weight is 346 g/mol. The van der Waals surface area contributed by atoms with E-state index in [4.69, 9.17) is 4.74 Å². The highest BCUT2D eigenvalue weighted by molar-refractivity contribution is 9.08. The minimum Gasteiger partial charge on any atom is -0.489 e. The highest BCUT2D eigenvalue weighted by atomic mass is 79.9. The Hall–Kier alpha value is -1.94. The Morgan fingerprint density at radius 2 is 1.90 bits per heavy atom. The molecule has 0 radical (unpaired) electrons. The third-order valence-corrected chi connectivity index (χ3v) is 3.89. The highest BCUT2D eigenvalue weighted by Gasteiger charge is 2.06. The van der Waals surface area contributed by atoms with Crippen molar-refractivity contribution in [2.24, 2.45) is 0 Å². The van der Waals surface area contributed by atoms with E-state index < -0.39 is 0 Å². The van der Waals surface area contributed by atoms with Crippen molar-refractivity contribution in [3.05, 3.63) is 71.7 Å². The van der Waals surface area contributed by atoms with Crippen molar-refractivity contribution < 1.29 is 9.13 Å². The third-order valence-electron chi connectivity index (χ3n) is 3.29. The van der Waals surface area contributed by atoms with E-state index in [0.717, 1.165) is 22.0 Å². The summed E-state index contributed by atoms with van der Waals surface area (Å²) >= 11 is 3.35. The molecule has 0 saturated heterocycles. The van der Waals surface area contributed by atoms with Crippen molar-refractivity contribution in [3.8, 4) is 5.75 Å². The average Bonchev–Trinajstić information content (AvgIpc) is 2.53. The van der Waals surface area contributed by atoms with E-state index in [1.807, 2.05) is 30.3 Å². The number of ether oxygens (including phenoxy) is 1. The number of hydrogen-bond donors (Lipinski definition) is 0. The molecule has 0 atom stereocenters. The predicted octanol–water partition coefficient (Wildman–Crippen LogP) is 4.85. The van der Waals surface area contributed by atoms with Crippen LogP contribution in [0.3, 0.4) is 0 Å². The Morgan fingerprint density at radius 1 is 1.05 bits per heavy atom. The quantitative estimate of drug-likeness (QED) is 0.630. The summed E-state index contributed by atoms with van der Waals surface area (Å²) < 4.78 is 19.1. The van der Waals surface area contributed by atoms with Crippen LogP contribution in [-0.4, -0.2) is 4.98 Å². The van der Waals surface area contributed by atoms with Gasteiger partial charge in [0.1, 0.15) is 18.2 Å². The topological polar surface area (TPSA) is 22.1 Å². The van der Waals surface area contributed by atoms with Gasteiger partial charge in [-0.25, -0.2) is 4.39 Å². The van der Waals surface area contributed by atoms with Crippen LogP contribution in [-0.2, 0) is 11.9 Å². The first kappa shape index (κ1) is 14.0. The molecular weight excluding hydrogens is 333 g/mol. The number of halogens is 2. The molecule has 4 heteroatoms. The van der Waals surface area contributed by atoms with E-state index in [0.29, 0.717) is 17.7 Å². The molecule has 0 aliphatic rings. The molecular formula is C17H13BrFNO. The Balaban J connectivity index is 1.87. The molecule has 0 unspecified atom stereocenters. The zero-order valence-corrected chi connectivity index (χ0v) is 12.8. The first-order valence-corrected chi connectivity index (χ1v) is 7.70.